The van der Waals surface area contributed by atoms with Gasteiger partial charge < -0.3 is 30.2 Å². The van der Waals surface area contributed by atoms with Gasteiger partial charge in [0, 0.05) is 23.5 Å². The van der Waals surface area contributed by atoms with E-state index in [1.165, 1.54) is 4.90 Å². The third kappa shape index (κ3) is 7.72. The summed E-state index contributed by atoms with van der Waals surface area (Å²) in [5.74, 6) is -2.42. The van der Waals surface area contributed by atoms with E-state index in [0.29, 0.717) is 18.6 Å². The number of amides is 3. The Bertz CT molecular complexity index is 1480. The molecule has 3 amide bonds. The standard InChI is InChI=1S/C37H44N4O7/c42-33-31-22-29(48-40-32(25-14-6-4-7-15-25)26-16-8-5-9-17-26)24-41(31)34(43)30(38-36(46)47-28-19-12-13-20-28)21-11-3-1-2-10-18-27-23-37(27,39-33)35(44)45/h4-10,14-18,27-31H,1-3,11-13,19-24H2,(H,38,46)(H,39,42)(H,44,45)/b18-10-/t27-,29-,30+,31+,37?/m1/s1. The van der Waals surface area contributed by atoms with Crippen molar-refractivity contribution in [2.75, 3.05) is 6.54 Å². The molecule has 1 saturated heterocycles. The lowest BCUT2D eigenvalue weighted by Crippen LogP contribution is -2.56. The van der Waals surface area contributed by atoms with Gasteiger partial charge in [0.15, 0.2) is 0 Å². The van der Waals surface area contributed by atoms with Gasteiger partial charge in [0.2, 0.25) is 11.8 Å². The molecule has 6 rings (SSSR count). The number of carbonyl (C=O) groups excluding carboxylic acids is 3. The van der Waals surface area contributed by atoms with Crippen LogP contribution in [0.1, 0.15) is 81.8 Å². The van der Waals surface area contributed by atoms with Gasteiger partial charge in [0.05, 0.1) is 6.54 Å². The number of aliphatic carboxylic acids is 1. The van der Waals surface area contributed by atoms with Crippen LogP contribution in [0, 0.1) is 5.92 Å². The summed E-state index contributed by atoms with van der Waals surface area (Å²) in [5, 5.41) is 20.3. The van der Waals surface area contributed by atoms with Crippen molar-refractivity contribution in [3.63, 3.8) is 0 Å². The number of alkyl carbamates (subject to hydrolysis) is 1. The molecule has 4 aliphatic rings. The molecule has 2 saturated carbocycles. The van der Waals surface area contributed by atoms with Crippen molar-refractivity contribution in [2.24, 2.45) is 11.1 Å². The minimum Gasteiger partial charge on any atom is -0.479 e. The van der Waals surface area contributed by atoms with Gasteiger partial charge >= 0.3 is 12.1 Å². The van der Waals surface area contributed by atoms with Gasteiger partial charge in [-0.3, -0.25) is 9.59 Å². The average Bonchev–Trinajstić information content (AvgIpc) is 3.37. The molecule has 2 heterocycles. The molecule has 3 fully saturated rings. The Morgan fingerprint density at radius 2 is 1.56 bits per heavy atom. The molecule has 5 atom stereocenters. The number of fused-ring (bicyclic) bond motifs is 2. The number of oxime groups is 1. The van der Waals surface area contributed by atoms with Crippen LogP contribution in [0.4, 0.5) is 4.79 Å². The second-order valence-corrected chi connectivity index (χ2v) is 13.3. The molecule has 11 heteroatoms. The van der Waals surface area contributed by atoms with E-state index in [-0.39, 0.29) is 31.4 Å². The maximum absolute atomic E-state index is 14.3. The highest BCUT2D eigenvalue weighted by molar-refractivity contribution is 6.12. The summed E-state index contributed by atoms with van der Waals surface area (Å²) >= 11 is 0. The molecule has 2 aliphatic heterocycles. The Hall–Kier alpha value is -4.67. The number of rotatable bonds is 7. The maximum atomic E-state index is 14.3. The fourth-order valence-corrected chi connectivity index (χ4v) is 7.06. The molecule has 254 valence electrons. The van der Waals surface area contributed by atoms with Crippen molar-refractivity contribution in [1.82, 2.24) is 15.5 Å². The SMILES string of the molecule is O=C(N[C@H]1CCCCC/C=C\[C@@H]2CC2(C(=O)O)NC(=O)[C@@H]2C[C@@H](ON=C(c3ccccc3)c3ccccc3)CN2C1=O)OC1CCCC1. The molecule has 0 spiro atoms. The van der Waals surface area contributed by atoms with Crippen LogP contribution in [0.2, 0.25) is 0 Å². The van der Waals surface area contributed by atoms with E-state index >= 15 is 0 Å². The topological polar surface area (TPSA) is 147 Å². The van der Waals surface area contributed by atoms with Crippen LogP contribution < -0.4 is 10.6 Å². The van der Waals surface area contributed by atoms with E-state index in [1.807, 2.05) is 72.8 Å². The van der Waals surface area contributed by atoms with Gasteiger partial charge in [0.25, 0.3) is 0 Å². The second kappa shape index (κ2) is 15.0. The summed E-state index contributed by atoms with van der Waals surface area (Å²) in [6.07, 6.45) is 9.87. The van der Waals surface area contributed by atoms with E-state index in [0.717, 1.165) is 56.1 Å². The van der Waals surface area contributed by atoms with Crippen molar-refractivity contribution in [3.8, 4) is 0 Å². The highest BCUT2D eigenvalue weighted by atomic mass is 16.6. The molecule has 0 aromatic heterocycles. The number of nitrogens with zero attached hydrogens (tertiary/aromatic N) is 2. The smallest absolute Gasteiger partial charge is 0.408 e. The van der Waals surface area contributed by atoms with Crippen molar-refractivity contribution in [3.05, 3.63) is 83.9 Å². The lowest BCUT2D eigenvalue weighted by atomic mass is 10.0. The summed E-state index contributed by atoms with van der Waals surface area (Å²) in [5.41, 5.74) is 0.858. The molecule has 2 aliphatic carbocycles. The van der Waals surface area contributed by atoms with Gasteiger partial charge in [-0.15, -0.1) is 0 Å². The molecule has 0 radical (unpaired) electrons. The number of allylic oxidation sites excluding steroid dienone is 1. The molecule has 2 aromatic carbocycles. The number of benzene rings is 2. The lowest BCUT2D eigenvalue weighted by Gasteiger charge is -2.29. The molecule has 2 aromatic rings. The summed E-state index contributed by atoms with van der Waals surface area (Å²) in [4.78, 5) is 61.1. The van der Waals surface area contributed by atoms with Gasteiger partial charge in [0.1, 0.15) is 35.5 Å². The van der Waals surface area contributed by atoms with Crippen molar-refractivity contribution >= 4 is 29.6 Å². The second-order valence-electron chi connectivity index (χ2n) is 13.3. The predicted octanol–water partition coefficient (Wildman–Crippen LogP) is 4.94. The van der Waals surface area contributed by atoms with E-state index in [9.17, 15) is 24.3 Å². The third-order valence-corrected chi connectivity index (χ3v) is 9.88. The maximum Gasteiger partial charge on any atom is 0.408 e. The van der Waals surface area contributed by atoms with Crippen LogP contribution in [0.15, 0.2) is 78.0 Å². The Balaban J connectivity index is 1.27. The monoisotopic (exact) mass is 656 g/mol. The van der Waals surface area contributed by atoms with Crippen LogP contribution >= 0.6 is 0 Å². The zero-order chi connectivity index (χ0) is 33.5. The first-order chi connectivity index (χ1) is 23.3. The number of hydrogen-bond acceptors (Lipinski definition) is 7. The molecule has 1 unspecified atom stereocenters. The minimum atomic E-state index is -1.42. The van der Waals surface area contributed by atoms with Crippen molar-refractivity contribution < 1.29 is 33.9 Å². The Labute approximate surface area is 280 Å². The molecule has 0 bridgehead atoms. The third-order valence-electron chi connectivity index (χ3n) is 9.88. The summed E-state index contributed by atoms with van der Waals surface area (Å²) < 4.78 is 5.63. The van der Waals surface area contributed by atoms with Crippen LogP contribution in [-0.4, -0.2) is 76.0 Å². The number of carbonyl (C=O) groups is 4. The fourth-order valence-electron chi connectivity index (χ4n) is 7.06. The molecular formula is C37H44N4O7. The Morgan fingerprint density at radius 3 is 2.23 bits per heavy atom. The van der Waals surface area contributed by atoms with Gasteiger partial charge in [-0.1, -0.05) is 90.8 Å². The molecule has 48 heavy (non-hydrogen) atoms. The first kappa shape index (κ1) is 33.2. The summed E-state index contributed by atoms with van der Waals surface area (Å²) in [6, 6.07) is 17.2. The Morgan fingerprint density at radius 1 is 0.896 bits per heavy atom. The van der Waals surface area contributed by atoms with Crippen LogP contribution in [0.25, 0.3) is 0 Å². The fraction of sp³-hybridized carbons (Fsp3) is 0.486. The highest BCUT2D eigenvalue weighted by Gasteiger charge is 2.61. The number of hydrogen-bond donors (Lipinski definition) is 3. The quantitative estimate of drug-likeness (QED) is 0.217. The molecular weight excluding hydrogens is 612 g/mol. The number of ether oxygens (including phenoxy) is 1. The van der Waals surface area contributed by atoms with Gasteiger partial charge in [-0.25, -0.2) is 9.59 Å². The average molecular weight is 657 g/mol. The Kier molecular flexibility index (Phi) is 10.4. The normalized spacial score (nSPS) is 28.5. The number of carboxylic acids is 1. The summed E-state index contributed by atoms with van der Waals surface area (Å²) in [7, 11) is 0. The van der Waals surface area contributed by atoms with E-state index < -0.39 is 47.6 Å². The highest BCUT2D eigenvalue weighted by Crippen LogP contribution is 2.45. The number of nitrogens with one attached hydrogen (secondary N) is 2. The van der Waals surface area contributed by atoms with Crippen LogP contribution in [0.3, 0.4) is 0 Å². The van der Waals surface area contributed by atoms with Crippen LogP contribution in [-0.2, 0) is 24.0 Å². The zero-order valence-electron chi connectivity index (χ0n) is 27.1. The van der Waals surface area contributed by atoms with E-state index in [2.05, 4.69) is 15.8 Å². The zero-order valence-corrected chi connectivity index (χ0v) is 27.1. The minimum absolute atomic E-state index is 0.0382. The van der Waals surface area contributed by atoms with E-state index in [4.69, 9.17) is 9.57 Å². The van der Waals surface area contributed by atoms with E-state index in [1.54, 1.807) is 0 Å². The first-order valence-electron chi connectivity index (χ1n) is 17.2. The summed E-state index contributed by atoms with van der Waals surface area (Å²) in [6.45, 7) is 0.0382. The van der Waals surface area contributed by atoms with Gasteiger partial charge in [-0.2, -0.15) is 0 Å². The van der Waals surface area contributed by atoms with Crippen molar-refractivity contribution in [2.45, 2.75) is 100 Å². The molecule has 3 N–H and O–H groups in total. The predicted molar refractivity (Wildman–Crippen MR) is 178 cm³/mol. The molecule has 11 nitrogen and oxygen atoms in total. The van der Waals surface area contributed by atoms with Crippen molar-refractivity contribution in [1.29, 1.82) is 0 Å². The van der Waals surface area contributed by atoms with Gasteiger partial charge in [-0.05, 0) is 51.4 Å². The number of carboxylic acid groups (broad SMARTS) is 1. The first-order valence-corrected chi connectivity index (χ1v) is 17.2. The largest absolute Gasteiger partial charge is 0.479 e. The van der Waals surface area contributed by atoms with Crippen LogP contribution in [0.5, 0.6) is 0 Å². The lowest BCUT2D eigenvalue weighted by molar-refractivity contribution is -0.145.